The van der Waals surface area contributed by atoms with E-state index in [1.54, 1.807) is 26.0 Å². The molecule has 1 rings (SSSR count). The number of hydrogen-bond acceptors (Lipinski definition) is 9. The van der Waals surface area contributed by atoms with E-state index in [2.05, 4.69) is 15.1 Å². The molecule has 3 atom stereocenters. The van der Waals surface area contributed by atoms with Gasteiger partial charge in [-0.05, 0) is 38.1 Å². The number of aliphatic hydroxyl groups excluding tert-OH is 2. The predicted octanol–water partition coefficient (Wildman–Crippen LogP) is -0.632. The van der Waals surface area contributed by atoms with E-state index in [-0.39, 0.29) is 4.90 Å². The second kappa shape index (κ2) is 15.9. The summed E-state index contributed by atoms with van der Waals surface area (Å²) in [6.07, 6.45) is -1.77. The summed E-state index contributed by atoms with van der Waals surface area (Å²) < 4.78 is 26.9. The highest BCUT2D eigenvalue weighted by molar-refractivity contribution is 7.89. The Labute approximate surface area is 213 Å². The largest absolute Gasteiger partial charge is 0.481 e. The van der Waals surface area contributed by atoms with Crippen molar-refractivity contribution in [2.75, 3.05) is 45.8 Å². The van der Waals surface area contributed by atoms with Crippen LogP contribution in [0.15, 0.2) is 29.2 Å². The van der Waals surface area contributed by atoms with Crippen molar-refractivity contribution in [3.8, 4) is 0 Å². The van der Waals surface area contributed by atoms with Crippen LogP contribution in [0.1, 0.15) is 32.8 Å². The normalized spacial score (nSPS) is 14.6. The van der Waals surface area contributed by atoms with E-state index in [9.17, 15) is 28.2 Å². The average Bonchev–Trinajstić information content (AvgIpc) is 2.78. The van der Waals surface area contributed by atoms with Gasteiger partial charge < -0.3 is 25.7 Å². The zero-order valence-corrected chi connectivity index (χ0v) is 21.9. The maximum absolute atomic E-state index is 12.5. The lowest BCUT2D eigenvalue weighted by atomic mass is 10.2. The van der Waals surface area contributed by atoms with Gasteiger partial charge in [-0.3, -0.25) is 19.4 Å². The van der Waals surface area contributed by atoms with Crippen molar-refractivity contribution in [3.05, 3.63) is 29.8 Å². The number of carbonyl (C=O) groups is 2. The molecule has 0 saturated carbocycles. The van der Waals surface area contributed by atoms with E-state index in [1.165, 1.54) is 12.1 Å². The zero-order valence-electron chi connectivity index (χ0n) is 21.1. The molecule has 0 aromatic heterocycles. The lowest BCUT2D eigenvalue weighted by Crippen LogP contribution is -2.42. The van der Waals surface area contributed by atoms with Crippen LogP contribution in [0.4, 0.5) is 0 Å². The Balaban J connectivity index is 2.73. The minimum atomic E-state index is -4.21. The van der Waals surface area contributed by atoms with E-state index in [4.69, 9.17) is 10.2 Å². The molecule has 0 aliphatic carbocycles. The van der Waals surface area contributed by atoms with E-state index in [0.717, 1.165) is 18.7 Å². The molecule has 0 radical (unpaired) electrons. The molecule has 6 N–H and O–H groups in total. The highest BCUT2D eigenvalue weighted by Crippen LogP contribution is 2.14. The number of carboxylic acids is 2. The molecule has 0 fully saturated rings. The van der Waals surface area contributed by atoms with E-state index in [1.807, 2.05) is 11.6 Å². The Morgan fingerprint density at radius 1 is 0.972 bits per heavy atom. The lowest BCUT2D eigenvalue weighted by molar-refractivity contribution is -0.145. The van der Waals surface area contributed by atoms with Crippen LogP contribution in [0.5, 0.6) is 0 Å². The van der Waals surface area contributed by atoms with Gasteiger partial charge in [-0.15, -0.1) is 0 Å². The average molecular weight is 533 g/mol. The summed E-state index contributed by atoms with van der Waals surface area (Å²) in [6, 6.07) is 4.22. The lowest BCUT2D eigenvalue weighted by Gasteiger charge is -2.28. The van der Waals surface area contributed by atoms with Gasteiger partial charge in [0.15, 0.2) is 0 Å². The van der Waals surface area contributed by atoms with Crippen molar-refractivity contribution in [2.45, 2.75) is 56.9 Å². The molecule has 0 saturated heterocycles. The van der Waals surface area contributed by atoms with Crippen molar-refractivity contribution in [3.63, 3.8) is 0 Å². The van der Waals surface area contributed by atoms with Crippen LogP contribution in [0, 0.1) is 0 Å². The number of nitrogens with one attached hydrogen (secondary N) is 2. The number of rotatable bonds is 19. The number of aliphatic carboxylic acids is 2. The van der Waals surface area contributed by atoms with Gasteiger partial charge in [0.1, 0.15) is 6.04 Å². The van der Waals surface area contributed by atoms with Crippen molar-refractivity contribution in [1.29, 1.82) is 0 Å². The minimum Gasteiger partial charge on any atom is -0.481 e. The monoisotopic (exact) mass is 532 g/mol. The van der Waals surface area contributed by atoms with Crippen LogP contribution >= 0.6 is 0 Å². The number of likely N-dealkylation sites (N-methyl/N-ethyl adjacent to an activating group) is 1. The third-order valence-corrected chi connectivity index (χ3v) is 6.85. The maximum Gasteiger partial charge on any atom is 0.322 e. The Morgan fingerprint density at radius 2 is 1.58 bits per heavy atom. The Hall–Kier alpha value is -2.13. The molecule has 13 heteroatoms. The molecule has 0 amide bonds. The highest BCUT2D eigenvalue weighted by atomic mass is 32.2. The summed E-state index contributed by atoms with van der Waals surface area (Å²) in [5, 5.41) is 40.2. The van der Waals surface area contributed by atoms with E-state index < -0.39 is 46.6 Å². The third kappa shape index (κ3) is 12.7. The van der Waals surface area contributed by atoms with Crippen molar-refractivity contribution in [1.82, 2.24) is 19.8 Å². The van der Waals surface area contributed by atoms with Gasteiger partial charge in [-0.2, -0.15) is 4.72 Å². The van der Waals surface area contributed by atoms with Gasteiger partial charge in [0.25, 0.3) is 0 Å². The van der Waals surface area contributed by atoms with Crippen molar-refractivity contribution in [2.24, 2.45) is 0 Å². The molecule has 1 aromatic rings. The maximum atomic E-state index is 12.5. The fourth-order valence-corrected chi connectivity index (χ4v) is 4.68. The molecule has 0 heterocycles. The fourth-order valence-electron chi connectivity index (χ4n) is 3.49. The van der Waals surface area contributed by atoms with Gasteiger partial charge in [0.05, 0.1) is 23.5 Å². The number of nitrogens with zero attached hydrogens (tertiary/aromatic N) is 2. The number of hydrogen-bond donors (Lipinski definition) is 6. The van der Waals surface area contributed by atoms with Gasteiger partial charge in [-0.1, -0.05) is 19.1 Å². The molecule has 1 unspecified atom stereocenters. The molecule has 1 aromatic carbocycles. The smallest absolute Gasteiger partial charge is 0.322 e. The first-order valence-electron chi connectivity index (χ1n) is 11.9. The van der Waals surface area contributed by atoms with E-state index >= 15 is 0 Å². The summed E-state index contributed by atoms with van der Waals surface area (Å²) in [5.74, 6) is -3.00. The van der Waals surface area contributed by atoms with Crippen molar-refractivity contribution < 1.29 is 38.4 Å². The summed E-state index contributed by atoms with van der Waals surface area (Å²) in [7, 11) is -4.21. The molecular weight excluding hydrogens is 492 g/mol. The number of aliphatic hydroxyl groups is 2. The second-order valence-electron chi connectivity index (χ2n) is 8.83. The summed E-state index contributed by atoms with van der Waals surface area (Å²) in [6.45, 7) is 10.6. The SMILES string of the molecule is CCN(CCN(CCNC[C@H](C)O)C[C@H](C)O)Cc1ccc(S(=O)(=O)NC(CC(=O)O)C(=O)O)cc1. The molecule has 36 heavy (non-hydrogen) atoms. The zero-order chi connectivity index (χ0) is 27.3. The van der Waals surface area contributed by atoms with Crippen LogP contribution in [-0.2, 0) is 26.2 Å². The molecule has 0 aliphatic heterocycles. The molecule has 0 aliphatic rings. The number of carboxylic acid groups (broad SMARTS) is 2. The first kappa shape index (κ1) is 31.9. The minimum absolute atomic E-state index is 0.154. The summed E-state index contributed by atoms with van der Waals surface area (Å²) in [5.41, 5.74) is 0.858. The van der Waals surface area contributed by atoms with Crippen LogP contribution in [0.25, 0.3) is 0 Å². The molecule has 0 bridgehead atoms. The van der Waals surface area contributed by atoms with Crippen LogP contribution in [0.2, 0.25) is 0 Å². The quantitative estimate of drug-likeness (QED) is 0.125. The van der Waals surface area contributed by atoms with Crippen LogP contribution < -0.4 is 10.0 Å². The topological polar surface area (TPSA) is 180 Å². The van der Waals surface area contributed by atoms with Crippen LogP contribution in [0.3, 0.4) is 0 Å². The van der Waals surface area contributed by atoms with Gasteiger partial charge >= 0.3 is 11.9 Å². The van der Waals surface area contributed by atoms with Gasteiger partial charge in [-0.25, -0.2) is 8.42 Å². The van der Waals surface area contributed by atoms with Gasteiger partial charge in [0, 0.05) is 45.8 Å². The number of benzene rings is 1. The number of sulfonamides is 1. The first-order valence-corrected chi connectivity index (χ1v) is 13.4. The Kier molecular flexibility index (Phi) is 14.1. The second-order valence-corrected chi connectivity index (χ2v) is 10.5. The molecule has 12 nitrogen and oxygen atoms in total. The third-order valence-electron chi connectivity index (χ3n) is 5.36. The van der Waals surface area contributed by atoms with Crippen LogP contribution in [-0.4, -0.2) is 115 Å². The summed E-state index contributed by atoms with van der Waals surface area (Å²) >= 11 is 0. The van der Waals surface area contributed by atoms with E-state index in [0.29, 0.717) is 39.3 Å². The standard InChI is InChI=1S/C23H40N4O8S/c1-4-26(11-12-27(15-18(3)29)10-9-24-14-17(2)28)16-19-5-7-20(8-6-19)36(34,35)25-21(23(32)33)13-22(30)31/h5-8,17-18,21,24-25,28-29H,4,9-16H2,1-3H3,(H,30,31)(H,32,33)/t17-,18-,21?/m0/s1. The highest BCUT2D eigenvalue weighted by Gasteiger charge is 2.27. The predicted molar refractivity (Wildman–Crippen MR) is 134 cm³/mol. The molecule has 206 valence electrons. The van der Waals surface area contributed by atoms with Gasteiger partial charge in [0.2, 0.25) is 10.0 Å². The summed E-state index contributed by atoms with van der Waals surface area (Å²) in [4.78, 5) is 26.2. The molecule has 0 spiro atoms. The fraction of sp³-hybridized carbons (Fsp3) is 0.652. The molecular formula is C23H40N4O8S. The first-order chi connectivity index (χ1) is 16.8. The Bertz CT molecular complexity index is 909. The Morgan fingerprint density at radius 3 is 2.08 bits per heavy atom. The van der Waals surface area contributed by atoms with Crippen molar-refractivity contribution >= 4 is 22.0 Å².